The fourth-order valence-corrected chi connectivity index (χ4v) is 6.66. The Morgan fingerprint density at radius 2 is 1.90 bits per heavy atom. The van der Waals surface area contributed by atoms with Crippen LogP contribution in [0.25, 0.3) is 0 Å². The first-order valence-electron chi connectivity index (χ1n) is 10.4. The number of halogens is 1. The summed E-state index contributed by atoms with van der Waals surface area (Å²) in [5.41, 5.74) is 1.76. The van der Waals surface area contributed by atoms with Crippen molar-refractivity contribution in [1.29, 1.82) is 0 Å². The predicted octanol–water partition coefficient (Wildman–Crippen LogP) is 1.66. The Morgan fingerprint density at radius 3 is 2.73 bits per heavy atom. The molecule has 1 unspecified atom stereocenters. The van der Waals surface area contributed by atoms with Crippen LogP contribution < -0.4 is 15.1 Å². The van der Waals surface area contributed by atoms with E-state index in [0.717, 1.165) is 35.5 Å². The summed E-state index contributed by atoms with van der Waals surface area (Å²) in [7, 11) is 0. The van der Waals surface area contributed by atoms with Gasteiger partial charge in [-0.15, -0.1) is 0 Å². The summed E-state index contributed by atoms with van der Waals surface area (Å²) in [6.45, 7) is 2.60. The van der Waals surface area contributed by atoms with E-state index in [1.54, 1.807) is 18.2 Å². The Hall–Kier alpha value is -2.70. The monoisotopic (exact) mass is 422 g/mol. The number of hydrogen-bond acceptors (Lipinski definition) is 3. The molecule has 6 nitrogen and oxygen atoms in total. The summed E-state index contributed by atoms with van der Waals surface area (Å²) in [6, 6.07) is 12.8. The largest absolute Gasteiger partial charge is 0.320 e. The van der Waals surface area contributed by atoms with Gasteiger partial charge in [0.2, 0.25) is 17.4 Å². The molecule has 30 heavy (non-hydrogen) atoms. The Balaban J connectivity index is 1.57. The summed E-state index contributed by atoms with van der Waals surface area (Å²) in [5.74, 6) is -1.85. The van der Waals surface area contributed by atoms with E-state index in [2.05, 4.69) is 5.32 Å². The quantitative estimate of drug-likeness (QED) is 0.687. The molecule has 5 atom stereocenters. The van der Waals surface area contributed by atoms with Gasteiger partial charge in [0.05, 0.1) is 17.9 Å². The second kappa shape index (κ2) is 5.93. The molecule has 2 aromatic carbocycles. The maximum Gasteiger partial charge on any atom is 0.291 e. The number of imide groups is 1. The van der Waals surface area contributed by atoms with E-state index in [0.29, 0.717) is 16.3 Å². The number of nitrogens with one attached hydrogen (secondary N) is 2. The molecular formula is C23H21ClN3O3+. The van der Waals surface area contributed by atoms with Crippen LogP contribution in [-0.4, -0.2) is 30.3 Å². The van der Waals surface area contributed by atoms with Crippen LogP contribution in [0.3, 0.4) is 0 Å². The summed E-state index contributed by atoms with van der Waals surface area (Å²) in [5, 5.41) is 3.51. The molecule has 2 N–H and O–H groups in total. The second-order valence-electron chi connectivity index (χ2n) is 8.73. The minimum absolute atomic E-state index is 0.0344. The van der Waals surface area contributed by atoms with Crippen LogP contribution in [0.2, 0.25) is 5.02 Å². The highest BCUT2D eigenvalue weighted by Gasteiger charge is 2.78. The van der Waals surface area contributed by atoms with E-state index in [1.165, 1.54) is 4.90 Å². The Labute approximate surface area is 178 Å². The highest BCUT2D eigenvalue weighted by Crippen LogP contribution is 2.52. The molecule has 3 saturated heterocycles. The zero-order valence-corrected chi connectivity index (χ0v) is 17.2. The lowest BCUT2D eigenvalue weighted by Crippen LogP contribution is -3.19. The topological polar surface area (TPSA) is 70.9 Å². The first kappa shape index (κ1) is 18.1. The van der Waals surface area contributed by atoms with Gasteiger partial charge >= 0.3 is 0 Å². The Morgan fingerprint density at radius 1 is 1.10 bits per heavy atom. The van der Waals surface area contributed by atoms with Crippen molar-refractivity contribution in [2.45, 2.75) is 31.3 Å². The maximum atomic E-state index is 13.9. The second-order valence-corrected chi connectivity index (χ2v) is 9.14. The third kappa shape index (κ3) is 1.92. The highest BCUT2D eigenvalue weighted by molar-refractivity contribution is 6.32. The zero-order chi connectivity index (χ0) is 20.8. The van der Waals surface area contributed by atoms with Crippen LogP contribution in [0.15, 0.2) is 42.5 Å². The van der Waals surface area contributed by atoms with E-state index in [1.807, 2.05) is 31.2 Å². The van der Waals surface area contributed by atoms with E-state index >= 15 is 0 Å². The molecule has 0 radical (unpaired) electrons. The predicted molar refractivity (Wildman–Crippen MR) is 111 cm³/mol. The molecule has 2 aromatic rings. The molecule has 1 spiro atoms. The summed E-state index contributed by atoms with van der Waals surface area (Å²) >= 11 is 6.29. The maximum absolute atomic E-state index is 13.9. The molecule has 4 heterocycles. The van der Waals surface area contributed by atoms with Crippen molar-refractivity contribution < 1.29 is 19.3 Å². The molecule has 0 aromatic heterocycles. The van der Waals surface area contributed by atoms with E-state index < -0.39 is 17.4 Å². The van der Waals surface area contributed by atoms with Gasteiger partial charge in [0, 0.05) is 23.4 Å². The van der Waals surface area contributed by atoms with Crippen molar-refractivity contribution in [3.8, 4) is 0 Å². The van der Waals surface area contributed by atoms with Gasteiger partial charge in [-0.25, -0.2) is 4.90 Å². The molecule has 0 aliphatic carbocycles. The molecule has 3 fully saturated rings. The summed E-state index contributed by atoms with van der Waals surface area (Å²) in [6.07, 6.45) is 1.78. The fourth-order valence-electron chi connectivity index (χ4n) is 6.49. The third-order valence-electron chi connectivity index (χ3n) is 7.60. The number of fused-ring (bicyclic) bond motifs is 7. The number of amides is 3. The standard InChI is InChI=1S/C23H20ClN3O3/c1-12-14(24)7-4-9-16(12)27-20(28)18-17-10-5-11-26(17)23(19(18)21(27)29)13-6-2-3-8-15(13)25-22(23)30/h2-4,6-9,17-19H,5,10-11H2,1H3,(H,25,30)/p+1/t17-,18+,19+,23-/m1/s1. The molecule has 7 heteroatoms. The van der Waals surface area contributed by atoms with Crippen molar-refractivity contribution in [2.75, 3.05) is 16.8 Å². The molecule has 0 bridgehead atoms. The van der Waals surface area contributed by atoms with E-state index in [9.17, 15) is 14.4 Å². The van der Waals surface area contributed by atoms with Crippen molar-refractivity contribution >= 4 is 40.7 Å². The average molecular weight is 423 g/mol. The first-order valence-corrected chi connectivity index (χ1v) is 10.8. The molecule has 6 rings (SSSR count). The Kier molecular flexibility index (Phi) is 3.58. The van der Waals surface area contributed by atoms with Crippen molar-refractivity contribution in [1.82, 2.24) is 0 Å². The van der Waals surface area contributed by atoms with Crippen molar-refractivity contribution in [3.05, 3.63) is 58.6 Å². The fraction of sp³-hybridized carbons (Fsp3) is 0.348. The van der Waals surface area contributed by atoms with Crippen LogP contribution in [0.4, 0.5) is 11.4 Å². The van der Waals surface area contributed by atoms with Crippen LogP contribution in [0, 0.1) is 18.8 Å². The lowest BCUT2D eigenvalue weighted by atomic mass is 9.75. The number of carbonyl (C=O) groups excluding carboxylic acids is 3. The summed E-state index contributed by atoms with van der Waals surface area (Å²) in [4.78, 5) is 43.4. The number of quaternary nitrogens is 1. The molecular weight excluding hydrogens is 402 g/mol. The smallest absolute Gasteiger partial charge is 0.291 e. The number of hydrogen-bond donors (Lipinski definition) is 2. The van der Waals surface area contributed by atoms with Gasteiger partial charge < -0.3 is 10.2 Å². The van der Waals surface area contributed by atoms with Crippen LogP contribution in [-0.2, 0) is 19.9 Å². The number of anilines is 2. The number of carbonyl (C=O) groups is 3. The van der Waals surface area contributed by atoms with Crippen LogP contribution in [0.5, 0.6) is 0 Å². The average Bonchev–Trinajstić information content (AvgIpc) is 3.43. The molecule has 3 amide bonds. The number of nitrogens with zero attached hydrogens (tertiary/aromatic N) is 1. The zero-order valence-electron chi connectivity index (χ0n) is 16.4. The molecule has 4 aliphatic rings. The number of benzene rings is 2. The van der Waals surface area contributed by atoms with Gasteiger partial charge in [-0.3, -0.25) is 14.4 Å². The van der Waals surface area contributed by atoms with E-state index in [4.69, 9.17) is 11.6 Å². The lowest BCUT2D eigenvalue weighted by Gasteiger charge is -2.33. The molecule has 152 valence electrons. The summed E-state index contributed by atoms with van der Waals surface area (Å²) < 4.78 is 0. The number of rotatable bonds is 1. The molecule has 0 saturated carbocycles. The van der Waals surface area contributed by atoms with Crippen molar-refractivity contribution in [3.63, 3.8) is 0 Å². The van der Waals surface area contributed by atoms with Gasteiger partial charge in [0.15, 0.2) is 0 Å². The highest BCUT2D eigenvalue weighted by atomic mass is 35.5. The van der Waals surface area contributed by atoms with E-state index in [-0.39, 0.29) is 23.8 Å². The normalized spacial score (nSPS) is 33.8. The minimum Gasteiger partial charge on any atom is -0.320 e. The Bertz CT molecular complexity index is 1150. The van der Waals surface area contributed by atoms with Gasteiger partial charge in [-0.1, -0.05) is 35.9 Å². The first-order chi connectivity index (χ1) is 14.5. The van der Waals surface area contributed by atoms with Gasteiger partial charge in [-0.05, 0) is 30.7 Å². The van der Waals surface area contributed by atoms with Gasteiger partial charge in [-0.2, -0.15) is 0 Å². The minimum atomic E-state index is -1.05. The molecule has 4 aliphatic heterocycles. The van der Waals surface area contributed by atoms with Gasteiger partial charge in [0.1, 0.15) is 17.9 Å². The van der Waals surface area contributed by atoms with Crippen molar-refractivity contribution in [2.24, 2.45) is 11.8 Å². The van der Waals surface area contributed by atoms with Crippen LogP contribution >= 0.6 is 11.6 Å². The third-order valence-corrected chi connectivity index (χ3v) is 8.01. The van der Waals surface area contributed by atoms with Crippen LogP contribution in [0.1, 0.15) is 24.0 Å². The lowest BCUT2D eigenvalue weighted by molar-refractivity contribution is -0.948. The van der Waals surface area contributed by atoms with Gasteiger partial charge in [0.25, 0.3) is 5.91 Å². The SMILES string of the molecule is Cc1c(Cl)cccc1N1C(=O)[C@H]2[C@H]3CCC[NH+]3[C@@]3(C(=O)Nc4ccccc43)[C@@H]2C1=O. The number of para-hydroxylation sites is 1.